The SMILES string of the molecule is Cc1[cH-]c2c(c1C1=CC=CC1)C(C)C(=[Si](C)C)CCC2.[CH3-].[CH3-].[Hf]. The summed E-state index contributed by atoms with van der Waals surface area (Å²) in [6, 6.07) is 2.47. The molecule has 0 N–H and O–H groups in total. The molecule has 0 aromatic heterocycles. The molecule has 0 spiro atoms. The van der Waals surface area contributed by atoms with E-state index in [4.69, 9.17) is 0 Å². The van der Waals surface area contributed by atoms with Gasteiger partial charge in [-0.2, -0.15) is 28.3 Å². The number of rotatable bonds is 1. The molecule has 0 fully saturated rings. The number of hydrogen-bond acceptors (Lipinski definition) is 0. The normalized spacial score (nSPS) is 18.9. The number of fused-ring (bicyclic) bond motifs is 1. The second-order valence-electron chi connectivity index (χ2n) is 6.57. The van der Waals surface area contributed by atoms with Crippen molar-refractivity contribution in [1.29, 1.82) is 0 Å². The van der Waals surface area contributed by atoms with Crippen LogP contribution in [0.1, 0.15) is 54.4 Å². The Morgan fingerprint density at radius 1 is 1.17 bits per heavy atom. The summed E-state index contributed by atoms with van der Waals surface area (Å²) in [5.74, 6) is 0.668. The molecule has 1 aromatic rings. The van der Waals surface area contributed by atoms with Gasteiger partial charge in [0.25, 0.3) is 0 Å². The maximum absolute atomic E-state index is 2.47. The zero-order valence-electron chi connectivity index (χ0n) is 15.7. The second kappa shape index (κ2) is 9.32. The molecule has 1 atom stereocenters. The standard InChI is InChI=1S/C19H25Si.2CH3.Hf/c1-13-12-16-10-7-11-17(20(3)4)14(2)19(16)18(13)15-8-5-6-9-15;;;/h5-6,8,12,14H,7,9-11H2,1-4H3;2*1H3;/q3*-1;. The maximum atomic E-state index is 2.47. The first-order valence-corrected chi connectivity index (χ1v) is 10.4. The van der Waals surface area contributed by atoms with Crippen molar-refractivity contribution in [3.63, 3.8) is 0 Å². The minimum Gasteiger partial charge on any atom is -0.358 e. The fourth-order valence-electron chi connectivity index (χ4n) is 4.09. The molecular weight excluding hydrogens is 459 g/mol. The molecule has 3 rings (SSSR count). The van der Waals surface area contributed by atoms with Crippen molar-refractivity contribution in [3.8, 4) is 0 Å². The third-order valence-corrected chi connectivity index (χ3v) is 6.95. The quantitative estimate of drug-likeness (QED) is 0.261. The van der Waals surface area contributed by atoms with Crippen LogP contribution in [0.25, 0.3) is 5.57 Å². The molecule has 2 aliphatic rings. The summed E-state index contributed by atoms with van der Waals surface area (Å²) >= 11 is 0. The Bertz CT molecular complexity index is 625. The molecule has 0 bridgehead atoms. The minimum atomic E-state index is -0.297. The fraction of sp³-hybridized carbons (Fsp3) is 0.429. The van der Waals surface area contributed by atoms with Gasteiger partial charge >= 0.3 is 0 Å². The summed E-state index contributed by atoms with van der Waals surface area (Å²) < 4.78 is 0. The summed E-state index contributed by atoms with van der Waals surface area (Å²) in [7, 11) is -0.297. The number of hydrogen-bond donors (Lipinski definition) is 0. The predicted molar refractivity (Wildman–Crippen MR) is 105 cm³/mol. The smallest absolute Gasteiger partial charge is 0.00162 e. The molecule has 1 aromatic carbocycles. The Labute approximate surface area is 164 Å². The second-order valence-corrected chi connectivity index (χ2v) is 9.21. The zero-order valence-corrected chi connectivity index (χ0v) is 20.3. The fourth-order valence-corrected chi connectivity index (χ4v) is 5.77. The van der Waals surface area contributed by atoms with E-state index in [2.05, 4.69) is 51.2 Å². The number of aryl methyl sites for hydroxylation is 2. The summed E-state index contributed by atoms with van der Waals surface area (Å²) in [5, 5.41) is 1.85. The Kier molecular flexibility index (Phi) is 9.23. The van der Waals surface area contributed by atoms with E-state index in [1.165, 1.54) is 30.4 Å². The molecule has 0 radical (unpaired) electrons. The van der Waals surface area contributed by atoms with Crippen molar-refractivity contribution < 1.29 is 25.8 Å². The van der Waals surface area contributed by atoms with Gasteiger partial charge in [0, 0.05) is 34.3 Å². The molecule has 0 saturated heterocycles. The summed E-state index contributed by atoms with van der Waals surface area (Å²) in [6.07, 6.45) is 11.9. The van der Waals surface area contributed by atoms with E-state index in [1.807, 2.05) is 5.17 Å². The topological polar surface area (TPSA) is 0 Å². The summed E-state index contributed by atoms with van der Waals surface area (Å²) in [5.41, 5.74) is 7.93. The van der Waals surface area contributed by atoms with Gasteiger partial charge in [0.1, 0.15) is 0 Å². The molecule has 0 amide bonds. The van der Waals surface area contributed by atoms with Crippen LogP contribution in [-0.2, 0) is 32.3 Å². The van der Waals surface area contributed by atoms with Crippen LogP contribution in [-0.4, -0.2) is 13.6 Å². The van der Waals surface area contributed by atoms with Crippen LogP contribution in [0, 0.1) is 21.8 Å². The van der Waals surface area contributed by atoms with Gasteiger partial charge in [-0.1, -0.05) is 62.7 Å². The van der Waals surface area contributed by atoms with E-state index in [-0.39, 0.29) is 49.1 Å². The van der Waals surface area contributed by atoms with E-state index in [9.17, 15) is 0 Å². The van der Waals surface area contributed by atoms with Crippen molar-refractivity contribution in [2.45, 2.75) is 58.5 Å². The summed E-state index contributed by atoms with van der Waals surface area (Å²) in [4.78, 5) is 0. The molecule has 2 heteroatoms. The van der Waals surface area contributed by atoms with Gasteiger partial charge in [-0.3, -0.25) is 0 Å². The average Bonchev–Trinajstić information content (AvgIpc) is 2.97. The molecule has 0 heterocycles. The Hall–Kier alpha value is -0.213. The summed E-state index contributed by atoms with van der Waals surface area (Å²) in [6.45, 7) is 9.70. The van der Waals surface area contributed by atoms with Gasteiger partial charge in [-0.25, -0.2) is 0 Å². The van der Waals surface area contributed by atoms with Gasteiger partial charge in [-0.15, -0.1) is 5.57 Å². The molecule has 1 unspecified atom stereocenters. The van der Waals surface area contributed by atoms with Crippen LogP contribution in [0.2, 0.25) is 13.1 Å². The van der Waals surface area contributed by atoms with Gasteiger partial charge < -0.3 is 14.9 Å². The molecule has 126 valence electrons. The van der Waals surface area contributed by atoms with Gasteiger partial charge in [0.2, 0.25) is 0 Å². The van der Waals surface area contributed by atoms with E-state index in [0.717, 1.165) is 6.42 Å². The number of allylic oxidation sites excluding steroid dienone is 4. The largest absolute Gasteiger partial charge is 0.358 e. The van der Waals surface area contributed by atoms with Crippen LogP contribution < -0.4 is 0 Å². The van der Waals surface area contributed by atoms with Crippen molar-refractivity contribution in [1.82, 2.24) is 0 Å². The first-order valence-electron chi connectivity index (χ1n) is 7.91. The molecule has 0 saturated carbocycles. The van der Waals surface area contributed by atoms with E-state index in [1.54, 1.807) is 16.7 Å². The molecular formula is C21H31HfSi-3. The Balaban J connectivity index is 0.00000161. The Morgan fingerprint density at radius 3 is 2.43 bits per heavy atom. The van der Waals surface area contributed by atoms with Crippen molar-refractivity contribution >= 4 is 19.2 Å². The third kappa shape index (κ3) is 4.25. The van der Waals surface area contributed by atoms with Crippen LogP contribution in [0.3, 0.4) is 0 Å². The molecule has 2 aliphatic carbocycles. The predicted octanol–water partition coefficient (Wildman–Crippen LogP) is 5.90. The molecule has 0 aliphatic heterocycles. The third-order valence-electron chi connectivity index (χ3n) is 4.98. The van der Waals surface area contributed by atoms with Gasteiger partial charge in [0.15, 0.2) is 0 Å². The van der Waals surface area contributed by atoms with Crippen LogP contribution in [0.4, 0.5) is 0 Å². The van der Waals surface area contributed by atoms with Crippen LogP contribution in [0.15, 0.2) is 24.3 Å². The van der Waals surface area contributed by atoms with E-state index < -0.39 is 0 Å². The molecule has 0 nitrogen and oxygen atoms in total. The van der Waals surface area contributed by atoms with E-state index >= 15 is 0 Å². The van der Waals surface area contributed by atoms with E-state index in [0.29, 0.717) is 5.92 Å². The van der Waals surface area contributed by atoms with Crippen molar-refractivity contribution in [2.24, 2.45) is 0 Å². The van der Waals surface area contributed by atoms with Crippen LogP contribution >= 0.6 is 0 Å². The Morgan fingerprint density at radius 2 is 1.87 bits per heavy atom. The average molecular weight is 490 g/mol. The molecule has 23 heavy (non-hydrogen) atoms. The maximum Gasteiger partial charge on any atom is 0.00162 e. The van der Waals surface area contributed by atoms with Gasteiger partial charge in [0.05, 0.1) is 0 Å². The van der Waals surface area contributed by atoms with Gasteiger partial charge in [-0.05, 0) is 19.3 Å². The van der Waals surface area contributed by atoms with Crippen molar-refractivity contribution in [2.75, 3.05) is 0 Å². The first kappa shape index (κ1) is 22.8. The zero-order chi connectivity index (χ0) is 14.3. The van der Waals surface area contributed by atoms with Crippen LogP contribution in [0.5, 0.6) is 0 Å². The monoisotopic (exact) mass is 491 g/mol. The first-order chi connectivity index (χ1) is 9.59. The van der Waals surface area contributed by atoms with Crippen molar-refractivity contribution in [3.05, 3.63) is 61.4 Å². The minimum absolute atomic E-state index is 0.